The van der Waals surface area contributed by atoms with Gasteiger partial charge in [0.1, 0.15) is 0 Å². The number of hydrogen-bond donors (Lipinski definition) is 1. The first kappa shape index (κ1) is 13.1. The molecule has 4 heteroatoms. The Morgan fingerprint density at radius 1 is 1.44 bits per heavy atom. The van der Waals surface area contributed by atoms with Crippen molar-refractivity contribution in [2.75, 3.05) is 13.7 Å². The van der Waals surface area contributed by atoms with Gasteiger partial charge in [0.05, 0.1) is 23.5 Å². The second-order valence-corrected chi connectivity index (χ2v) is 4.32. The van der Waals surface area contributed by atoms with Gasteiger partial charge in [-0.2, -0.15) is 0 Å². The third kappa shape index (κ3) is 3.25. The van der Waals surface area contributed by atoms with Crippen molar-refractivity contribution in [3.05, 3.63) is 24.3 Å². The van der Waals surface area contributed by atoms with E-state index in [9.17, 15) is 0 Å². The first-order valence-electron chi connectivity index (χ1n) is 5.66. The molecule has 0 aliphatic rings. The molecule has 1 unspecified atom stereocenters. The summed E-state index contributed by atoms with van der Waals surface area (Å²) in [5, 5.41) is 3.45. The van der Waals surface area contributed by atoms with Crippen molar-refractivity contribution in [2.45, 2.75) is 38.8 Å². The van der Waals surface area contributed by atoms with Gasteiger partial charge in [-0.25, -0.2) is 0 Å². The van der Waals surface area contributed by atoms with E-state index in [-0.39, 0.29) is 11.6 Å². The Hall–Kier alpha value is -1.00. The van der Waals surface area contributed by atoms with E-state index >= 15 is 0 Å². The molecule has 0 saturated heterocycles. The fourth-order valence-corrected chi connectivity index (χ4v) is 1.57. The lowest BCUT2D eigenvalue weighted by molar-refractivity contribution is -0.0123. The van der Waals surface area contributed by atoms with Gasteiger partial charge in [-0.15, -0.1) is 0 Å². The minimum atomic E-state index is -0.300. The zero-order valence-corrected chi connectivity index (χ0v) is 10.5. The van der Waals surface area contributed by atoms with Gasteiger partial charge in [0, 0.05) is 19.5 Å². The van der Waals surface area contributed by atoms with Crippen LogP contribution in [-0.2, 0) is 4.74 Å². The number of rotatable bonds is 6. The van der Waals surface area contributed by atoms with Gasteiger partial charge in [0.25, 0.3) is 0 Å². The summed E-state index contributed by atoms with van der Waals surface area (Å²) < 4.78 is 5.52. The molecule has 1 heterocycles. The van der Waals surface area contributed by atoms with Gasteiger partial charge in [-0.05, 0) is 26.8 Å². The minimum Gasteiger partial charge on any atom is -0.377 e. The van der Waals surface area contributed by atoms with Crippen LogP contribution in [0.4, 0.5) is 0 Å². The summed E-state index contributed by atoms with van der Waals surface area (Å²) in [6, 6.07) is 0.0612. The zero-order valence-electron chi connectivity index (χ0n) is 10.5. The highest BCUT2D eigenvalue weighted by Crippen LogP contribution is 2.26. The Bertz CT molecular complexity index is 300. The summed E-state index contributed by atoms with van der Waals surface area (Å²) in [4.78, 5) is 8.44. The van der Waals surface area contributed by atoms with Gasteiger partial charge in [0.15, 0.2) is 0 Å². The van der Waals surface area contributed by atoms with Crippen molar-refractivity contribution >= 4 is 0 Å². The highest BCUT2D eigenvalue weighted by Gasteiger charge is 2.31. The first-order valence-corrected chi connectivity index (χ1v) is 5.66. The van der Waals surface area contributed by atoms with E-state index in [1.807, 2.05) is 0 Å². The minimum absolute atomic E-state index is 0.0612. The average molecular weight is 223 g/mol. The van der Waals surface area contributed by atoms with Crippen LogP contribution in [0.25, 0.3) is 0 Å². The molecular weight excluding hydrogens is 202 g/mol. The molecule has 0 spiro atoms. The SMILES string of the molecule is CCCNC(c1cnccn1)C(C)(C)OC. The summed E-state index contributed by atoms with van der Waals surface area (Å²) in [6.45, 7) is 7.18. The van der Waals surface area contributed by atoms with Crippen LogP contribution >= 0.6 is 0 Å². The van der Waals surface area contributed by atoms with Crippen LogP contribution in [0.3, 0.4) is 0 Å². The van der Waals surface area contributed by atoms with Gasteiger partial charge in [-0.3, -0.25) is 9.97 Å². The van der Waals surface area contributed by atoms with Gasteiger partial charge < -0.3 is 10.1 Å². The lowest BCUT2D eigenvalue weighted by atomic mass is 9.95. The van der Waals surface area contributed by atoms with Crippen LogP contribution in [0.1, 0.15) is 38.9 Å². The Morgan fingerprint density at radius 2 is 2.19 bits per heavy atom. The summed E-state index contributed by atoms with van der Waals surface area (Å²) in [5.41, 5.74) is 0.619. The van der Waals surface area contributed by atoms with Crippen LogP contribution in [0.2, 0.25) is 0 Å². The molecule has 4 nitrogen and oxygen atoms in total. The highest BCUT2D eigenvalue weighted by molar-refractivity contribution is 5.08. The van der Waals surface area contributed by atoms with Gasteiger partial charge in [-0.1, -0.05) is 6.92 Å². The smallest absolute Gasteiger partial charge is 0.0832 e. The maximum absolute atomic E-state index is 5.52. The lowest BCUT2D eigenvalue weighted by Gasteiger charge is -2.33. The van der Waals surface area contributed by atoms with E-state index in [0.717, 1.165) is 18.7 Å². The lowest BCUT2D eigenvalue weighted by Crippen LogP contribution is -2.41. The Labute approximate surface area is 97.5 Å². The summed E-state index contributed by atoms with van der Waals surface area (Å²) >= 11 is 0. The maximum atomic E-state index is 5.52. The maximum Gasteiger partial charge on any atom is 0.0832 e. The van der Waals surface area contributed by atoms with E-state index in [2.05, 4.69) is 36.1 Å². The number of methoxy groups -OCH3 is 1. The molecule has 0 aliphatic carbocycles. The molecule has 90 valence electrons. The molecule has 1 aromatic rings. The normalized spacial score (nSPS) is 13.8. The summed E-state index contributed by atoms with van der Waals surface area (Å²) in [6.07, 6.45) is 6.26. The van der Waals surface area contributed by atoms with E-state index in [4.69, 9.17) is 4.74 Å². The second-order valence-electron chi connectivity index (χ2n) is 4.32. The summed E-state index contributed by atoms with van der Waals surface area (Å²) in [7, 11) is 1.72. The van der Waals surface area contributed by atoms with E-state index in [1.54, 1.807) is 25.7 Å². The molecule has 0 amide bonds. The number of aromatic nitrogens is 2. The Balaban J connectivity index is 2.87. The van der Waals surface area contributed by atoms with E-state index in [0.29, 0.717) is 0 Å². The fraction of sp³-hybridized carbons (Fsp3) is 0.667. The number of hydrogen-bond acceptors (Lipinski definition) is 4. The predicted octanol–water partition coefficient (Wildman–Crippen LogP) is 1.94. The Morgan fingerprint density at radius 3 is 2.69 bits per heavy atom. The predicted molar refractivity (Wildman–Crippen MR) is 64.2 cm³/mol. The van der Waals surface area contributed by atoms with Crippen molar-refractivity contribution in [1.82, 2.24) is 15.3 Å². The van der Waals surface area contributed by atoms with Crippen LogP contribution in [0.15, 0.2) is 18.6 Å². The van der Waals surface area contributed by atoms with Crippen molar-refractivity contribution in [1.29, 1.82) is 0 Å². The third-order valence-electron chi connectivity index (χ3n) is 2.70. The Kier molecular flexibility index (Phi) is 4.83. The van der Waals surface area contributed by atoms with Crippen molar-refractivity contribution in [3.8, 4) is 0 Å². The molecule has 1 N–H and O–H groups in total. The topological polar surface area (TPSA) is 47.0 Å². The molecule has 1 rings (SSSR count). The zero-order chi connectivity index (χ0) is 12.0. The van der Waals surface area contributed by atoms with Crippen LogP contribution < -0.4 is 5.32 Å². The van der Waals surface area contributed by atoms with E-state index in [1.165, 1.54) is 0 Å². The average Bonchev–Trinajstić information content (AvgIpc) is 2.31. The first-order chi connectivity index (χ1) is 7.61. The van der Waals surface area contributed by atoms with Gasteiger partial charge in [0.2, 0.25) is 0 Å². The molecule has 1 atom stereocenters. The number of nitrogens with one attached hydrogen (secondary N) is 1. The van der Waals surface area contributed by atoms with Gasteiger partial charge >= 0.3 is 0 Å². The standard InChI is InChI=1S/C12H21N3O/c1-5-6-15-11(12(2,3)16-4)10-9-13-7-8-14-10/h7-9,11,15H,5-6H2,1-4H3. The van der Waals surface area contributed by atoms with Crippen LogP contribution in [0, 0.1) is 0 Å². The molecule has 1 aromatic heterocycles. The quantitative estimate of drug-likeness (QED) is 0.800. The molecule has 0 aromatic carbocycles. The second kappa shape index (κ2) is 5.92. The fourth-order valence-electron chi connectivity index (χ4n) is 1.57. The van der Waals surface area contributed by atoms with E-state index < -0.39 is 0 Å². The third-order valence-corrected chi connectivity index (χ3v) is 2.70. The monoisotopic (exact) mass is 223 g/mol. The largest absolute Gasteiger partial charge is 0.377 e. The van der Waals surface area contributed by atoms with Crippen LogP contribution in [-0.4, -0.2) is 29.2 Å². The van der Waals surface area contributed by atoms with Crippen molar-refractivity contribution < 1.29 is 4.74 Å². The molecule has 0 aliphatic heterocycles. The number of ether oxygens (including phenoxy) is 1. The van der Waals surface area contributed by atoms with Crippen molar-refractivity contribution in [2.24, 2.45) is 0 Å². The highest BCUT2D eigenvalue weighted by atomic mass is 16.5. The molecule has 0 bridgehead atoms. The molecular formula is C12H21N3O. The molecule has 16 heavy (non-hydrogen) atoms. The van der Waals surface area contributed by atoms with Crippen LogP contribution in [0.5, 0.6) is 0 Å². The number of nitrogens with zero attached hydrogens (tertiary/aromatic N) is 2. The van der Waals surface area contributed by atoms with Crippen molar-refractivity contribution in [3.63, 3.8) is 0 Å². The molecule has 0 saturated carbocycles. The molecule has 0 fully saturated rings. The molecule has 0 radical (unpaired) electrons. The summed E-state index contributed by atoms with van der Waals surface area (Å²) in [5.74, 6) is 0.